The maximum Gasteiger partial charge on any atom is 0.254 e. The number of hydrazone groups is 1. The number of hydrogen-bond donors (Lipinski definition) is 0. The van der Waals surface area contributed by atoms with Crippen LogP contribution in [0, 0.1) is 30.6 Å². The fourth-order valence-corrected chi connectivity index (χ4v) is 5.09. The van der Waals surface area contributed by atoms with Crippen LogP contribution in [0.2, 0.25) is 0 Å². The van der Waals surface area contributed by atoms with Crippen molar-refractivity contribution in [1.29, 1.82) is 0 Å². The Balaban J connectivity index is 1.60. The first-order valence-electron chi connectivity index (χ1n) is 7.53. The molecule has 0 unspecified atom stereocenters. The van der Waals surface area contributed by atoms with Gasteiger partial charge in [-0.05, 0) is 48.4 Å². The molecule has 1 saturated carbocycles. The highest BCUT2D eigenvalue weighted by molar-refractivity contribution is 9.11. The summed E-state index contributed by atoms with van der Waals surface area (Å²) in [6, 6.07) is 3.83. The van der Waals surface area contributed by atoms with Crippen LogP contribution in [0.4, 0.5) is 0 Å². The molecule has 1 aromatic rings. The van der Waals surface area contributed by atoms with Crippen LogP contribution >= 0.6 is 31.9 Å². The van der Waals surface area contributed by atoms with E-state index in [2.05, 4.69) is 49.1 Å². The normalized spacial score (nSPS) is 31.7. The third-order valence-electron chi connectivity index (χ3n) is 5.07. The van der Waals surface area contributed by atoms with E-state index in [4.69, 9.17) is 0 Å². The standard InChI is InChI=1S/C17H14Br2N2O2/c1-8-12(18)4-9(5-13(8)19)7-20-21-16(22)14-10-2-3-11(6-10)15(14)17(21)23/h2-5,7,10-11,14-15H,6H2,1H3/b20-7-/t10-,11-,14-,15-/m0/s1. The monoisotopic (exact) mass is 436 g/mol. The molecular weight excluding hydrogens is 424 g/mol. The predicted molar refractivity (Wildman–Crippen MR) is 93.7 cm³/mol. The van der Waals surface area contributed by atoms with Crippen LogP contribution in [-0.4, -0.2) is 23.0 Å². The molecule has 4 atom stereocenters. The van der Waals surface area contributed by atoms with Crippen LogP contribution in [0.15, 0.2) is 38.3 Å². The first kappa shape index (κ1) is 15.3. The maximum absolute atomic E-state index is 12.5. The summed E-state index contributed by atoms with van der Waals surface area (Å²) in [6.45, 7) is 1.99. The van der Waals surface area contributed by atoms with Crippen molar-refractivity contribution >= 4 is 49.9 Å². The second kappa shape index (κ2) is 5.38. The van der Waals surface area contributed by atoms with Crippen LogP contribution < -0.4 is 0 Å². The summed E-state index contributed by atoms with van der Waals surface area (Å²) in [5, 5.41) is 5.26. The van der Waals surface area contributed by atoms with E-state index in [-0.39, 0.29) is 35.5 Å². The van der Waals surface area contributed by atoms with E-state index in [0.717, 1.165) is 31.5 Å². The van der Waals surface area contributed by atoms with E-state index in [1.807, 2.05) is 19.1 Å². The molecule has 1 aliphatic heterocycles. The molecule has 118 valence electrons. The first-order valence-corrected chi connectivity index (χ1v) is 9.11. The molecule has 1 aromatic carbocycles. The molecule has 2 amide bonds. The third kappa shape index (κ3) is 2.26. The van der Waals surface area contributed by atoms with Crippen LogP contribution in [0.5, 0.6) is 0 Å². The van der Waals surface area contributed by atoms with Crippen LogP contribution in [0.1, 0.15) is 17.5 Å². The quantitative estimate of drug-likeness (QED) is 0.402. The molecule has 0 aromatic heterocycles. The molecule has 1 heterocycles. The minimum atomic E-state index is -0.203. The maximum atomic E-state index is 12.5. The van der Waals surface area contributed by atoms with Gasteiger partial charge in [0, 0.05) is 8.95 Å². The fraction of sp³-hybridized carbons (Fsp3) is 0.353. The molecular formula is C17H14Br2N2O2. The largest absolute Gasteiger partial charge is 0.272 e. The Hall–Kier alpha value is -1.27. The summed E-state index contributed by atoms with van der Waals surface area (Å²) in [5.41, 5.74) is 1.92. The molecule has 0 radical (unpaired) electrons. The van der Waals surface area contributed by atoms with Crippen molar-refractivity contribution in [3.63, 3.8) is 0 Å². The molecule has 0 N–H and O–H groups in total. The van der Waals surface area contributed by atoms with E-state index < -0.39 is 0 Å². The SMILES string of the molecule is Cc1c(Br)cc(/C=N\N2C(=O)[C@@H]3[C@@H](C2=O)[C@H]2C=C[C@H]3C2)cc1Br. The van der Waals surface area contributed by atoms with Crippen LogP contribution in [-0.2, 0) is 9.59 Å². The van der Waals surface area contributed by atoms with Crippen LogP contribution in [0.25, 0.3) is 0 Å². The highest BCUT2D eigenvalue weighted by atomic mass is 79.9. The summed E-state index contributed by atoms with van der Waals surface area (Å²) >= 11 is 6.98. The molecule has 2 aliphatic carbocycles. The number of allylic oxidation sites excluding steroid dienone is 2. The van der Waals surface area contributed by atoms with Gasteiger partial charge >= 0.3 is 0 Å². The van der Waals surface area contributed by atoms with Crippen molar-refractivity contribution in [2.24, 2.45) is 28.8 Å². The number of fused-ring (bicyclic) bond motifs is 5. The average Bonchev–Trinajstić information content (AvgIpc) is 3.18. The predicted octanol–water partition coefficient (Wildman–Crippen LogP) is 3.66. The van der Waals surface area contributed by atoms with E-state index in [1.54, 1.807) is 6.21 Å². The molecule has 1 saturated heterocycles. The Kier molecular flexibility index (Phi) is 3.57. The fourth-order valence-electron chi connectivity index (χ4n) is 3.86. The van der Waals surface area contributed by atoms with E-state index in [9.17, 15) is 9.59 Å². The number of halogens is 2. The topological polar surface area (TPSA) is 49.7 Å². The van der Waals surface area contributed by atoms with Crippen molar-refractivity contribution < 1.29 is 9.59 Å². The number of nitrogens with zero attached hydrogens (tertiary/aromatic N) is 2. The number of carbonyl (C=O) groups excluding carboxylic acids is 2. The minimum Gasteiger partial charge on any atom is -0.272 e. The number of carbonyl (C=O) groups is 2. The molecule has 0 spiro atoms. The zero-order valence-electron chi connectivity index (χ0n) is 12.4. The molecule has 4 nitrogen and oxygen atoms in total. The highest BCUT2D eigenvalue weighted by Crippen LogP contribution is 2.52. The van der Waals surface area contributed by atoms with Crippen molar-refractivity contribution in [2.45, 2.75) is 13.3 Å². The summed E-state index contributed by atoms with van der Waals surface area (Å²) in [5.74, 6) is -0.289. The summed E-state index contributed by atoms with van der Waals surface area (Å²) in [7, 11) is 0. The first-order chi connectivity index (χ1) is 11.0. The Morgan fingerprint density at radius 1 is 1.09 bits per heavy atom. The lowest BCUT2D eigenvalue weighted by molar-refractivity contribution is -0.140. The minimum absolute atomic E-state index is 0.154. The van der Waals surface area contributed by atoms with Crippen molar-refractivity contribution in [3.8, 4) is 0 Å². The van der Waals surface area contributed by atoms with Gasteiger partial charge in [0.2, 0.25) is 0 Å². The Labute approximate surface area is 150 Å². The highest BCUT2D eigenvalue weighted by Gasteiger charge is 2.59. The molecule has 2 bridgehead atoms. The lowest BCUT2D eigenvalue weighted by Gasteiger charge is -2.13. The van der Waals surface area contributed by atoms with E-state index >= 15 is 0 Å². The zero-order chi connectivity index (χ0) is 16.3. The van der Waals surface area contributed by atoms with Crippen LogP contribution in [0.3, 0.4) is 0 Å². The molecule has 4 rings (SSSR count). The third-order valence-corrected chi connectivity index (χ3v) is 6.72. The molecule has 2 fully saturated rings. The lowest BCUT2D eigenvalue weighted by Crippen LogP contribution is -2.28. The number of benzene rings is 1. The molecule has 6 heteroatoms. The van der Waals surface area contributed by atoms with Gasteiger partial charge in [0.25, 0.3) is 11.8 Å². The number of imide groups is 1. The van der Waals surface area contributed by atoms with Gasteiger partial charge in [-0.3, -0.25) is 9.59 Å². The number of rotatable bonds is 2. The smallest absolute Gasteiger partial charge is 0.254 e. The molecule has 3 aliphatic rings. The summed E-state index contributed by atoms with van der Waals surface area (Å²) in [4.78, 5) is 25.1. The summed E-state index contributed by atoms with van der Waals surface area (Å²) < 4.78 is 1.90. The lowest BCUT2D eigenvalue weighted by atomic mass is 9.85. The average molecular weight is 438 g/mol. The molecule has 23 heavy (non-hydrogen) atoms. The second-order valence-corrected chi connectivity index (χ2v) is 8.05. The van der Waals surface area contributed by atoms with E-state index in [1.165, 1.54) is 0 Å². The van der Waals surface area contributed by atoms with Gasteiger partial charge in [-0.15, -0.1) is 0 Å². The van der Waals surface area contributed by atoms with Gasteiger partial charge < -0.3 is 0 Å². The zero-order valence-corrected chi connectivity index (χ0v) is 15.5. The second-order valence-electron chi connectivity index (χ2n) is 6.34. The van der Waals surface area contributed by atoms with E-state index in [0.29, 0.717) is 0 Å². The van der Waals surface area contributed by atoms with Crippen molar-refractivity contribution in [3.05, 3.63) is 44.4 Å². The van der Waals surface area contributed by atoms with Crippen molar-refractivity contribution in [1.82, 2.24) is 5.01 Å². The van der Waals surface area contributed by atoms with Gasteiger partial charge in [-0.1, -0.05) is 44.0 Å². The Morgan fingerprint density at radius 2 is 1.61 bits per heavy atom. The Morgan fingerprint density at radius 3 is 2.13 bits per heavy atom. The van der Waals surface area contributed by atoms with Gasteiger partial charge in [0.15, 0.2) is 0 Å². The van der Waals surface area contributed by atoms with Gasteiger partial charge in [-0.2, -0.15) is 10.1 Å². The van der Waals surface area contributed by atoms with Gasteiger partial charge in [-0.25, -0.2) is 0 Å². The van der Waals surface area contributed by atoms with Gasteiger partial charge in [0.1, 0.15) is 0 Å². The number of hydrogen-bond acceptors (Lipinski definition) is 3. The summed E-state index contributed by atoms with van der Waals surface area (Å²) in [6.07, 6.45) is 6.67. The Bertz CT molecular complexity index is 734. The number of amides is 2. The van der Waals surface area contributed by atoms with Gasteiger partial charge in [0.05, 0.1) is 18.1 Å². The van der Waals surface area contributed by atoms with Crippen molar-refractivity contribution in [2.75, 3.05) is 0 Å².